The summed E-state index contributed by atoms with van der Waals surface area (Å²) >= 11 is 1.65. The number of likely N-dealkylation sites (N-methyl/N-ethyl adjacent to an activating group) is 1. The first-order valence-corrected chi connectivity index (χ1v) is 9.72. The van der Waals surface area contributed by atoms with E-state index in [1.807, 2.05) is 17.5 Å². The summed E-state index contributed by atoms with van der Waals surface area (Å²) in [4.78, 5) is 5.97. The minimum atomic E-state index is 0.724. The Balaban J connectivity index is 1.70. The van der Waals surface area contributed by atoms with Gasteiger partial charge in [0.2, 0.25) is 0 Å². The molecule has 1 N–H and O–H groups in total. The molecule has 1 aliphatic heterocycles. The summed E-state index contributed by atoms with van der Waals surface area (Å²) < 4.78 is 0. The van der Waals surface area contributed by atoms with Crippen molar-refractivity contribution in [1.82, 2.24) is 4.90 Å². The summed E-state index contributed by atoms with van der Waals surface area (Å²) in [6, 6.07) is 10.9. The van der Waals surface area contributed by atoms with Crippen LogP contribution in [-0.4, -0.2) is 43.8 Å². The van der Waals surface area contributed by atoms with Crippen molar-refractivity contribution in [2.24, 2.45) is 0 Å². The van der Waals surface area contributed by atoms with Crippen molar-refractivity contribution in [1.29, 1.82) is 5.41 Å². The fraction of sp³-hybridized carbons (Fsp3) is 0.450. The van der Waals surface area contributed by atoms with Gasteiger partial charge in [-0.25, -0.2) is 0 Å². The van der Waals surface area contributed by atoms with Crippen LogP contribution in [0.5, 0.6) is 0 Å². The van der Waals surface area contributed by atoms with Gasteiger partial charge in [-0.15, -0.1) is 11.3 Å². The van der Waals surface area contributed by atoms with Crippen LogP contribution in [0.1, 0.15) is 29.3 Å². The fourth-order valence-electron chi connectivity index (χ4n) is 3.26. The van der Waals surface area contributed by atoms with Crippen LogP contribution in [0.15, 0.2) is 35.7 Å². The van der Waals surface area contributed by atoms with Crippen molar-refractivity contribution < 1.29 is 0 Å². The quantitative estimate of drug-likeness (QED) is 0.770. The SMILES string of the molecule is CCN(C)CCN1CCCc2cc(CC(=N)c3cccs3)ccc21. The van der Waals surface area contributed by atoms with Gasteiger partial charge >= 0.3 is 0 Å². The van der Waals surface area contributed by atoms with Crippen LogP contribution >= 0.6 is 11.3 Å². The summed E-state index contributed by atoms with van der Waals surface area (Å²) in [5.41, 5.74) is 4.84. The lowest BCUT2D eigenvalue weighted by Crippen LogP contribution is -2.36. The van der Waals surface area contributed by atoms with Crippen LogP contribution in [0.4, 0.5) is 5.69 Å². The number of fused-ring (bicyclic) bond motifs is 1. The van der Waals surface area contributed by atoms with E-state index in [0.717, 1.165) is 49.6 Å². The first-order chi connectivity index (χ1) is 11.7. The second-order valence-corrected chi connectivity index (χ2v) is 7.53. The Labute approximate surface area is 149 Å². The van der Waals surface area contributed by atoms with E-state index < -0.39 is 0 Å². The summed E-state index contributed by atoms with van der Waals surface area (Å²) in [7, 11) is 2.18. The van der Waals surface area contributed by atoms with Gasteiger partial charge in [0, 0.05) is 36.6 Å². The molecule has 2 aromatic rings. The lowest BCUT2D eigenvalue weighted by molar-refractivity contribution is 0.357. The molecule has 24 heavy (non-hydrogen) atoms. The predicted molar refractivity (Wildman–Crippen MR) is 105 cm³/mol. The molecule has 3 nitrogen and oxygen atoms in total. The zero-order chi connectivity index (χ0) is 16.9. The van der Waals surface area contributed by atoms with Crippen LogP contribution in [0.2, 0.25) is 0 Å². The zero-order valence-electron chi connectivity index (χ0n) is 14.7. The van der Waals surface area contributed by atoms with E-state index in [1.54, 1.807) is 11.3 Å². The Kier molecular flexibility index (Phi) is 5.69. The molecule has 0 amide bonds. The van der Waals surface area contributed by atoms with Gasteiger partial charge in [0.25, 0.3) is 0 Å². The van der Waals surface area contributed by atoms with Crippen molar-refractivity contribution in [3.8, 4) is 0 Å². The van der Waals surface area contributed by atoms with Gasteiger partial charge in [-0.05, 0) is 55.1 Å². The van der Waals surface area contributed by atoms with Gasteiger partial charge in [-0.2, -0.15) is 0 Å². The van der Waals surface area contributed by atoms with E-state index in [1.165, 1.54) is 23.2 Å². The average molecular weight is 342 g/mol. The molecular weight excluding hydrogens is 314 g/mol. The normalized spacial score (nSPS) is 14.0. The number of anilines is 1. The molecule has 1 aliphatic rings. The van der Waals surface area contributed by atoms with Gasteiger partial charge in [-0.1, -0.05) is 25.1 Å². The van der Waals surface area contributed by atoms with Crippen molar-refractivity contribution >= 4 is 22.7 Å². The first kappa shape index (κ1) is 17.2. The molecule has 2 heterocycles. The lowest BCUT2D eigenvalue weighted by Gasteiger charge is -2.33. The third-order valence-electron chi connectivity index (χ3n) is 4.85. The van der Waals surface area contributed by atoms with Crippen LogP contribution in [0.25, 0.3) is 0 Å². The first-order valence-electron chi connectivity index (χ1n) is 8.84. The highest BCUT2D eigenvalue weighted by Crippen LogP contribution is 2.28. The van der Waals surface area contributed by atoms with Crippen molar-refractivity contribution in [2.75, 3.05) is 38.1 Å². The van der Waals surface area contributed by atoms with E-state index in [2.05, 4.69) is 42.0 Å². The predicted octanol–water partition coefficient (Wildman–Crippen LogP) is 4.06. The van der Waals surface area contributed by atoms with Crippen LogP contribution in [0, 0.1) is 5.41 Å². The van der Waals surface area contributed by atoms with Crippen molar-refractivity contribution in [3.05, 3.63) is 51.7 Å². The molecule has 4 heteroatoms. The summed E-state index contributed by atoms with van der Waals surface area (Å²) in [6.07, 6.45) is 3.12. The molecule has 0 saturated heterocycles. The van der Waals surface area contributed by atoms with E-state index >= 15 is 0 Å². The number of hydrogen-bond acceptors (Lipinski definition) is 4. The van der Waals surface area contributed by atoms with Gasteiger partial charge < -0.3 is 15.2 Å². The smallest absolute Gasteiger partial charge is 0.0529 e. The molecule has 0 saturated carbocycles. The van der Waals surface area contributed by atoms with Gasteiger partial charge in [0.15, 0.2) is 0 Å². The highest BCUT2D eigenvalue weighted by molar-refractivity contribution is 7.12. The van der Waals surface area contributed by atoms with Gasteiger partial charge in [-0.3, -0.25) is 0 Å². The second-order valence-electron chi connectivity index (χ2n) is 6.58. The maximum Gasteiger partial charge on any atom is 0.0529 e. The highest BCUT2D eigenvalue weighted by atomic mass is 32.1. The lowest BCUT2D eigenvalue weighted by atomic mass is 9.97. The molecule has 3 rings (SSSR count). The molecule has 1 aromatic heterocycles. The Bertz CT molecular complexity index is 678. The van der Waals surface area contributed by atoms with Crippen LogP contribution < -0.4 is 4.90 Å². The monoisotopic (exact) mass is 341 g/mol. The fourth-order valence-corrected chi connectivity index (χ4v) is 3.94. The van der Waals surface area contributed by atoms with E-state index in [4.69, 9.17) is 5.41 Å². The zero-order valence-corrected chi connectivity index (χ0v) is 15.5. The van der Waals surface area contributed by atoms with Crippen LogP contribution in [0.3, 0.4) is 0 Å². The van der Waals surface area contributed by atoms with Crippen LogP contribution in [-0.2, 0) is 12.8 Å². The Morgan fingerprint density at radius 3 is 2.96 bits per heavy atom. The Morgan fingerprint density at radius 2 is 2.21 bits per heavy atom. The molecule has 0 bridgehead atoms. The van der Waals surface area contributed by atoms with E-state index in [9.17, 15) is 0 Å². The number of aryl methyl sites for hydroxylation is 1. The number of thiophene rings is 1. The molecule has 128 valence electrons. The molecule has 0 fully saturated rings. The molecule has 0 spiro atoms. The summed E-state index contributed by atoms with van der Waals surface area (Å²) in [6.45, 7) is 6.68. The summed E-state index contributed by atoms with van der Waals surface area (Å²) in [5, 5.41) is 10.3. The molecule has 0 unspecified atom stereocenters. The van der Waals surface area contributed by atoms with Crippen molar-refractivity contribution in [3.63, 3.8) is 0 Å². The number of nitrogens with zero attached hydrogens (tertiary/aromatic N) is 2. The number of nitrogens with one attached hydrogen (secondary N) is 1. The topological polar surface area (TPSA) is 30.3 Å². The Hall–Kier alpha value is -1.65. The van der Waals surface area contributed by atoms with Crippen molar-refractivity contribution in [2.45, 2.75) is 26.2 Å². The minimum Gasteiger partial charge on any atom is -0.370 e. The number of hydrogen-bond donors (Lipinski definition) is 1. The number of benzene rings is 1. The summed E-state index contributed by atoms with van der Waals surface area (Å²) in [5.74, 6) is 0. The molecule has 0 aliphatic carbocycles. The van der Waals surface area contributed by atoms with E-state index in [0.29, 0.717) is 0 Å². The Morgan fingerprint density at radius 1 is 1.33 bits per heavy atom. The molecule has 1 aromatic carbocycles. The van der Waals surface area contributed by atoms with E-state index in [-0.39, 0.29) is 0 Å². The molecular formula is C20H27N3S. The maximum absolute atomic E-state index is 8.29. The standard InChI is InChI=1S/C20H27N3S/c1-3-22(2)11-12-23-10-4-6-17-14-16(8-9-19(17)23)15-18(21)20-7-5-13-24-20/h5,7-9,13-14,21H,3-4,6,10-12,15H2,1-2H3. The number of rotatable bonds is 7. The highest BCUT2D eigenvalue weighted by Gasteiger charge is 2.17. The van der Waals surface area contributed by atoms with Gasteiger partial charge in [0.1, 0.15) is 0 Å². The third kappa shape index (κ3) is 4.05. The third-order valence-corrected chi connectivity index (χ3v) is 5.78. The maximum atomic E-state index is 8.29. The molecule has 0 atom stereocenters. The average Bonchev–Trinajstić information content (AvgIpc) is 3.14. The van der Waals surface area contributed by atoms with Gasteiger partial charge in [0.05, 0.1) is 5.71 Å². The minimum absolute atomic E-state index is 0.724. The molecule has 0 radical (unpaired) electrons. The largest absolute Gasteiger partial charge is 0.370 e. The second kappa shape index (κ2) is 7.95.